The number of sulfonamides is 1. The van der Waals surface area contributed by atoms with E-state index >= 15 is 0 Å². The van der Waals surface area contributed by atoms with Crippen molar-refractivity contribution < 1.29 is 22.8 Å². The topological polar surface area (TPSA) is 108 Å². The zero-order chi connectivity index (χ0) is 17.0. The Labute approximate surface area is 132 Å². The van der Waals surface area contributed by atoms with Crippen LogP contribution in [0.3, 0.4) is 0 Å². The first-order valence-electron chi connectivity index (χ1n) is 6.36. The van der Waals surface area contributed by atoms with Crippen LogP contribution in [0.15, 0.2) is 42.5 Å². The lowest BCUT2D eigenvalue weighted by atomic mass is 10.2. The van der Waals surface area contributed by atoms with Crippen molar-refractivity contribution in [3.05, 3.63) is 52.6 Å². The van der Waals surface area contributed by atoms with Crippen molar-refractivity contribution in [3.63, 3.8) is 0 Å². The van der Waals surface area contributed by atoms with Gasteiger partial charge in [0, 0.05) is 12.1 Å². The van der Waals surface area contributed by atoms with E-state index < -0.39 is 14.9 Å². The van der Waals surface area contributed by atoms with Crippen molar-refractivity contribution >= 4 is 21.4 Å². The van der Waals surface area contributed by atoms with Gasteiger partial charge in [-0.1, -0.05) is 6.07 Å². The Morgan fingerprint density at radius 1 is 1.13 bits per heavy atom. The Bertz CT molecular complexity index is 835. The van der Waals surface area contributed by atoms with Crippen LogP contribution in [-0.4, -0.2) is 26.7 Å². The number of nitro groups is 1. The van der Waals surface area contributed by atoms with Crippen LogP contribution in [0.2, 0.25) is 0 Å². The van der Waals surface area contributed by atoms with E-state index in [1.54, 1.807) is 24.3 Å². The zero-order valence-corrected chi connectivity index (χ0v) is 13.2. The molecule has 122 valence electrons. The number of benzene rings is 2. The Hall–Kier alpha value is -2.81. The molecule has 0 saturated carbocycles. The first-order chi connectivity index (χ1) is 10.8. The summed E-state index contributed by atoms with van der Waals surface area (Å²) in [7, 11) is -2.07. The lowest BCUT2D eigenvalue weighted by Gasteiger charge is -2.12. The van der Waals surface area contributed by atoms with Crippen LogP contribution in [0.5, 0.6) is 17.2 Å². The van der Waals surface area contributed by atoms with Crippen molar-refractivity contribution in [2.45, 2.75) is 0 Å². The fraction of sp³-hybridized carbons (Fsp3) is 0.143. The molecular weight excluding hydrogens is 324 g/mol. The molecular formula is C14H14N2O6S. The maximum Gasteiger partial charge on any atom is 0.273 e. The van der Waals surface area contributed by atoms with Gasteiger partial charge in [0.05, 0.1) is 30.0 Å². The SMILES string of the molecule is COc1cccc(Oc2cc([N+](=O)[O-])ccc2NS(C)(=O)=O)c1. The number of ether oxygens (including phenoxy) is 2. The molecule has 0 atom stereocenters. The number of hydrogen-bond donors (Lipinski definition) is 1. The number of rotatable bonds is 6. The summed E-state index contributed by atoms with van der Waals surface area (Å²) in [5.41, 5.74) is -0.122. The number of nitro benzene ring substituents is 1. The number of nitrogens with one attached hydrogen (secondary N) is 1. The molecule has 0 aliphatic heterocycles. The molecule has 0 aliphatic carbocycles. The average molecular weight is 338 g/mol. The fourth-order valence-corrected chi connectivity index (χ4v) is 2.35. The Balaban J connectivity index is 2.43. The van der Waals surface area contributed by atoms with Gasteiger partial charge in [0.15, 0.2) is 5.75 Å². The fourth-order valence-electron chi connectivity index (χ4n) is 1.78. The number of non-ortho nitro benzene ring substituents is 1. The first-order valence-corrected chi connectivity index (χ1v) is 8.26. The molecule has 2 aromatic rings. The molecule has 0 heterocycles. The quantitative estimate of drug-likeness (QED) is 0.641. The normalized spacial score (nSPS) is 10.9. The predicted octanol–water partition coefficient (Wildman–Crippen LogP) is 2.77. The molecule has 0 aromatic heterocycles. The van der Waals surface area contributed by atoms with Gasteiger partial charge in [0.2, 0.25) is 10.0 Å². The molecule has 0 saturated heterocycles. The maximum absolute atomic E-state index is 11.4. The predicted molar refractivity (Wildman–Crippen MR) is 84.6 cm³/mol. The van der Waals surface area contributed by atoms with E-state index in [0.29, 0.717) is 11.5 Å². The van der Waals surface area contributed by atoms with Crippen LogP contribution < -0.4 is 14.2 Å². The van der Waals surface area contributed by atoms with E-state index in [2.05, 4.69) is 4.72 Å². The summed E-state index contributed by atoms with van der Waals surface area (Å²) in [6, 6.07) is 10.2. The summed E-state index contributed by atoms with van der Waals surface area (Å²) in [6.45, 7) is 0. The molecule has 0 radical (unpaired) electrons. The highest BCUT2D eigenvalue weighted by Crippen LogP contribution is 2.34. The van der Waals surface area contributed by atoms with Crippen LogP contribution in [0.25, 0.3) is 0 Å². The summed E-state index contributed by atoms with van der Waals surface area (Å²) < 4.78 is 35.7. The molecule has 23 heavy (non-hydrogen) atoms. The van der Waals surface area contributed by atoms with Crippen LogP contribution in [0.1, 0.15) is 0 Å². The monoisotopic (exact) mass is 338 g/mol. The number of hydrogen-bond acceptors (Lipinski definition) is 6. The van der Waals surface area contributed by atoms with Gasteiger partial charge in [0.25, 0.3) is 5.69 Å². The molecule has 0 aliphatic rings. The molecule has 2 rings (SSSR count). The van der Waals surface area contributed by atoms with Crippen LogP contribution >= 0.6 is 0 Å². The van der Waals surface area contributed by atoms with E-state index in [1.807, 2.05) is 0 Å². The smallest absolute Gasteiger partial charge is 0.273 e. The number of nitrogens with zero attached hydrogens (tertiary/aromatic N) is 1. The molecule has 9 heteroatoms. The van der Waals surface area contributed by atoms with Crippen molar-refractivity contribution in [1.82, 2.24) is 0 Å². The third-order valence-corrected chi connectivity index (χ3v) is 3.33. The van der Waals surface area contributed by atoms with Gasteiger partial charge in [0.1, 0.15) is 11.5 Å². The summed E-state index contributed by atoms with van der Waals surface area (Å²) in [4.78, 5) is 10.3. The van der Waals surface area contributed by atoms with Crippen LogP contribution in [-0.2, 0) is 10.0 Å². The third-order valence-electron chi connectivity index (χ3n) is 2.74. The molecule has 0 bridgehead atoms. The molecule has 1 N–H and O–H groups in total. The summed E-state index contributed by atoms with van der Waals surface area (Å²) in [5.74, 6) is 0.893. The molecule has 0 amide bonds. The molecule has 0 unspecified atom stereocenters. The average Bonchev–Trinajstić information content (AvgIpc) is 2.47. The second-order valence-corrected chi connectivity index (χ2v) is 6.34. The van der Waals surface area contributed by atoms with E-state index in [1.165, 1.54) is 19.2 Å². The van der Waals surface area contributed by atoms with Crippen molar-refractivity contribution in [2.24, 2.45) is 0 Å². The van der Waals surface area contributed by atoms with Gasteiger partial charge < -0.3 is 9.47 Å². The Kier molecular flexibility index (Phi) is 4.70. The van der Waals surface area contributed by atoms with E-state index in [0.717, 1.165) is 12.3 Å². The summed E-state index contributed by atoms with van der Waals surface area (Å²) in [5, 5.41) is 10.9. The number of methoxy groups -OCH3 is 1. The maximum atomic E-state index is 11.4. The number of anilines is 1. The van der Waals surface area contributed by atoms with Crippen LogP contribution in [0.4, 0.5) is 11.4 Å². The Morgan fingerprint density at radius 3 is 2.43 bits per heavy atom. The first kappa shape index (κ1) is 16.6. The van der Waals surface area contributed by atoms with E-state index in [9.17, 15) is 18.5 Å². The summed E-state index contributed by atoms with van der Waals surface area (Å²) >= 11 is 0. The molecule has 8 nitrogen and oxygen atoms in total. The van der Waals surface area contributed by atoms with Gasteiger partial charge >= 0.3 is 0 Å². The van der Waals surface area contributed by atoms with E-state index in [4.69, 9.17) is 9.47 Å². The van der Waals surface area contributed by atoms with Crippen molar-refractivity contribution in [2.75, 3.05) is 18.1 Å². The minimum absolute atomic E-state index is 0.0119. The molecule has 0 spiro atoms. The standard InChI is InChI=1S/C14H14N2O6S/c1-21-11-4-3-5-12(9-11)22-14-8-10(16(17)18)6-7-13(14)15-23(2,19)20/h3-9,15H,1-2H3. The zero-order valence-electron chi connectivity index (χ0n) is 12.3. The van der Waals surface area contributed by atoms with Crippen molar-refractivity contribution in [1.29, 1.82) is 0 Å². The minimum Gasteiger partial charge on any atom is -0.497 e. The molecule has 0 fully saturated rings. The van der Waals surface area contributed by atoms with Gasteiger partial charge in [-0.3, -0.25) is 14.8 Å². The lowest BCUT2D eigenvalue weighted by Crippen LogP contribution is -2.10. The van der Waals surface area contributed by atoms with Crippen molar-refractivity contribution in [3.8, 4) is 17.2 Å². The van der Waals surface area contributed by atoms with Gasteiger partial charge in [-0.2, -0.15) is 0 Å². The second kappa shape index (κ2) is 6.53. The highest BCUT2D eigenvalue weighted by atomic mass is 32.2. The third kappa shape index (κ3) is 4.58. The molecule has 2 aromatic carbocycles. The summed E-state index contributed by atoms with van der Waals surface area (Å²) in [6.07, 6.45) is 0.976. The Morgan fingerprint density at radius 2 is 1.83 bits per heavy atom. The highest BCUT2D eigenvalue weighted by Gasteiger charge is 2.15. The van der Waals surface area contributed by atoms with Gasteiger partial charge in [-0.15, -0.1) is 0 Å². The lowest BCUT2D eigenvalue weighted by molar-refractivity contribution is -0.384. The van der Waals surface area contributed by atoms with Gasteiger partial charge in [-0.05, 0) is 18.2 Å². The van der Waals surface area contributed by atoms with E-state index in [-0.39, 0.29) is 17.1 Å². The van der Waals surface area contributed by atoms with Gasteiger partial charge in [-0.25, -0.2) is 8.42 Å². The minimum atomic E-state index is -3.56. The van der Waals surface area contributed by atoms with Crippen LogP contribution in [0, 0.1) is 10.1 Å². The largest absolute Gasteiger partial charge is 0.497 e. The highest BCUT2D eigenvalue weighted by molar-refractivity contribution is 7.92. The second-order valence-electron chi connectivity index (χ2n) is 4.59.